The zero-order valence-corrected chi connectivity index (χ0v) is 17.7. The maximum Gasteiger partial charge on any atom is 0.331 e. The predicted molar refractivity (Wildman–Crippen MR) is 120 cm³/mol. The first kappa shape index (κ1) is 20.1. The van der Waals surface area contributed by atoms with Gasteiger partial charge in [0.1, 0.15) is 11.3 Å². The molecule has 5 rings (SSSR count). The predicted octanol–water partition coefficient (Wildman–Crippen LogP) is 1.18. The normalized spacial score (nSPS) is 15.6. The molecule has 0 saturated heterocycles. The van der Waals surface area contributed by atoms with E-state index in [0.29, 0.717) is 6.42 Å². The number of ether oxygens (including phenoxy) is 1. The Balaban J connectivity index is 1.58. The summed E-state index contributed by atoms with van der Waals surface area (Å²) in [5, 5.41) is 14.1. The molecule has 32 heavy (non-hydrogen) atoms. The second-order valence-corrected chi connectivity index (χ2v) is 8.06. The van der Waals surface area contributed by atoms with E-state index in [4.69, 9.17) is 4.74 Å². The fourth-order valence-corrected chi connectivity index (χ4v) is 4.63. The lowest BCUT2D eigenvalue weighted by Crippen LogP contribution is -2.87. The van der Waals surface area contributed by atoms with Crippen molar-refractivity contribution < 1.29 is 15.2 Å². The van der Waals surface area contributed by atoms with Crippen molar-refractivity contribution in [3.63, 3.8) is 0 Å². The third-order valence-electron chi connectivity index (χ3n) is 6.24. The molecule has 0 bridgehead atoms. The molecule has 1 aliphatic heterocycles. The number of aromatic nitrogens is 3. The van der Waals surface area contributed by atoms with Crippen molar-refractivity contribution in [2.75, 3.05) is 13.7 Å². The monoisotopic (exact) mass is 433 g/mol. The highest BCUT2D eigenvalue weighted by Crippen LogP contribution is 2.33. The fourth-order valence-electron chi connectivity index (χ4n) is 4.63. The van der Waals surface area contributed by atoms with Gasteiger partial charge in [-0.15, -0.1) is 0 Å². The summed E-state index contributed by atoms with van der Waals surface area (Å²) in [5.41, 5.74) is 2.99. The Morgan fingerprint density at radius 3 is 2.75 bits per heavy atom. The lowest BCUT2D eigenvalue weighted by Gasteiger charge is -2.22. The first-order valence-corrected chi connectivity index (χ1v) is 10.7. The number of aryl methyl sites for hydroxylation is 1. The van der Waals surface area contributed by atoms with Crippen molar-refractivity contribution in [2.24, 2.45) is 0 Å². The molecule has 0 aliphatic carbocycles. The second-order valence-electron chi connectivity index (χ2n) is 8.06. The number of quaternary nitrogens is 1. The van der Waals surface area contributed by atoms with E-state index in [0.717, 1.165) is 46.4 Å². The van der Waals surface area contributed by atoms with E-state index in [2.05, 4.69) is 9.97 Å². The lowest BCUT2D eigenvalue weighted by atomic mass is 9.95. The van der Waals surface area contributed by atoms with Gasteiger partial charge in [-0.2, -0.15) is 0 Å². The van der Waals surface area contributed by atoms with Crippen LogP contribution in [0.2, 0.25) is 0 Å². The van der Waals surface area contributed by atoms with Gasteiger partial charge in [0, 0.05) is 23.9 Å². The molecule has 1 aliphatic rings. The number of nitrogens with two attached hydrogens (primary N) is 1. The van der Waals surface area contributed by atoms with Crippen LogP contribution in [0.5, 0.6) is 11.6 Å². The standard InChI is InChI=1S/C24H24N4O4/c1-32-15-7-8-18-17(13-15)16-9-11-25-21(20(16)26-18)19-22(29)27-24(31)28(23(19)30)12-10-14-5-3-2-4-6-14/h2-8,13,21,25-26,30H,9-12H2,1H3,(H,27,29,31)/p+1/t21-/m1/s1. The molecule has 1 atom stereocenters. The Morgan fingerprint density at radius 2 is 1.97 bits per heavy atom. The average Bonchev–Trinajstić information content (AvgIpc) is 3.18. The number of aromatic amines is 2. The maximum absolute atomic E-state index is 12.8. The highest BCUT2D eigenvalue weighted by molar-refractivity contribution is 5.86. The van der Waals surface area contributed by atoms with E-state index in [1.54, 1.807) is 7.11 Å². The van der Waals surface area contributed by atoms with Gasteiger partial charge in [-0.3, -0.25) is 14.3 Å². The first-order chi connectivity index (χ1) is 15.6. The van der Waals surface area contributed by atoms with Gasteiger partial charge in [-0.1, -0.05) is 30.3 Å². The van der Waals surface area contributed by atoms with E-state index in [9.17, 15) is 14.7 Å². The average molecular weight is 433 g/mol. The molecular formula is C24H25N4O4+. The molecule has 8 nitrogen and oxygen atoms in total. The number of rotatable bonds is 5. The first-order valence-electron chi connectivity index (χ1n) is 10.7. The number of H-pyrrole nitrogens is 2. The van der Waals surface area contributed by atoms with Crippen LogP contribution < -0.4 is 21.3 Å². The Bertz CT molecular complexity index is 1400. The SMILES string of the molecule is COc1ccc2[nH]c3c(c2c1)CC[NH2+][C@@H]3c1c(O)n(CCc2ccccc2)c(=O)[nH]c1=O. The Morgan fingerprint density at radius 1 is 1.16 bits per heavy atom. The summed E-state index contributed by atoms with van der Waals surface area (Å²) < 4.78 is 6.62. The zero-order valence-electron chi connectivity index (χ0n) is 17.7. The molecule has 2 aromatic carbocycles. The number of benzene rings is 2. The maximum atomic E-state index is 12.8. The van der Waals surface area contributed by atoms with Crippen LogP contribution in [0.4, 0.5) is 0 Å². The molecule has 0 unspecified atom stereocenters. The van der Waals surface area contributed by atoms with Gasteiger partial charge in [0.15, 0.2) is 6.04 Å². The molecule has 4 aromatic rings. The summed E-state index contributed by atoms with van der Waals surface area (Å²) in [6.45, 7) is 1.02. The number of aromatic hydroxyl groups is 1. The van der Waals surface area contributed by atoms with Crippen molar-refractivity contribution in [2.45, 2.75) is 25.4 Å². The van der Waals surface area contributed by atoms with Crippen LogP contribution >= 0.6 is 0 Å². The summed E-state index contributed by atoms with van der Waals surface area (Å²) in [6, 6.07) is 15.1. The van der Waals surface area contributed by atoms with Crippen molar-refractivity contribution in [3.05, 3.63) is 91.8 Å². The van der Waals surface area contributed by atoms with Crippen molar-refractivity contribution >= 4 is 10.9 Å². The molecule has 0 saturated carbocycles. The largest absolute Gasteiger partial charge is 0.497 e. The van der Waals surface area contributed by atoms with Gasteiger partial charge in [0.2, 0.25) is 5.88 Å². The third-order valence-corrected chi connectivity index (χ3v) is 6.24. The quantitative estimate of drug-likeness (QED) is 0.378. The van der Waals surface area contributed by atoms with Crippen molar-refractivity contribution in [1.29, 1.82) is 0 Å². The van der Waals surface area contributed by atoms with E-state index in [1.165, 1.54) is 4.57 Å². The summed E-state index contributed by atoms with van der Waals surface area (Å²) in [4.78, 5) is 31.1. The summed E-state index contributed by atoms with van der Waals surface area (Å²) in [5.74, 6) is 0.487. The smallest absolute Gasteiger partial charge is 0.331 e. The highest BCUT2D eigenvalue weighted by Gasteiger charge is 2.34. The minimum absolute atomic E-state index is 0.192. The van der Waals surface area contributed by atoms with Gasteiger partial charge in [-0.05, 0) is 35.7 Å². The van der Waals surface area contributed by atoms with Crippen molar-refractivity contribution in [1.82, 2.24) is 14.5 Å². The van der Waals surface area contributed by atoms with E-state index >= 15 is 0 Å². The molecule has 0 amide bonds. The molecule has 164 valence electrons. The summed E-state index contributed by atoms with van der Waals surface area (Å²) in [6.07, 6.45) is 1.39. The van der Waals surface area contributed by atoms with Crippen LogP contribution in [0.25, 0.3) is 10.9 Å². The van der Waals surface area contributed by atoms with Crippen LogP contribution in [-0.2, 0) is 19.4 Å². The zero-order chi connectivity index (χ0) is 22.2. The Hall–Kier alpha value is -3.78. The molecular weight excluding hydrogens is 408 g/mol. The molecule has 0 fully saturated rings. The van der Waals surface area contributed by atoms with Crippen LogP contribution in [0.1, 0.15) is 28.4 Å². The molecule has 0 spiro atoms. The van der Waals surface area contributed by atoms with E-state index < -0.39 is 17.3 Å². The Labute approximate surface area is 183 Å². The summed E-state index contributed by atoms with van der Waals surface area (Å²) >= 11 is 0. The fraction of sp³-hybridized carbons (Fsp3) is 0.250. The van der Waals surface area contributed by atoms with Crippen LogP contribution in [0.3, 0.4) is 0 Å². The number of nitrogens with one attached hydrogen (secondary N) is 2. The number of hydrogen-bond donors (Lipinski definition) is 4. The minimum Gasteiger partial charge on any atom is -0.497 e. The van der Waals surface area contributed by atoms with Gasteiger partial charge in [-0.25, -0.2) is 4.79 Å². The third kappa shape index (κ3) is 3.38. The topological polar surface area (TPSA) is 117 Å². The molecule has 0 radical (unpaired) electrons. The number of hydrogen-bond acceptors (Lipinski definition) is 4. The van der Waals surface area contributed by atoms with Gasteiger partial charge in [0.05, 0.1) is 19.3 Å². The number of nitrogens with zero attached hydrogens (tertiary/aromatic N) is 1. The second kappa shape index (κ2) is 8.05. The highest BCUT2D eigenvalue weighted by atomic mass is 16.5. The number of methoxy groups -OCH3 is 1. The van der Waals surface area contributed by atoms with E-state index in [1.807, 2.05) is 53.8 Å². The van der Waals surface area contributed by atoms with E-state index in [-0.39, 0.29) is 18.0 Å². The Kier molecular flexibility index (Phi) is 5.07. The van der Waals surface area contributed by atoms with Crippen LogP contribution in [-0.4, -0.2) is 33.3 Å². The number of fused-ring (bicyclic) bond motifs is 3. The van der Waals surface area contributed by atoms with Crippen LogP contribution in [0.15, 0.2) is 58.1 Å². The summed E-state index contributed by atoms with van der Waals surface area (Å²) in [7, 11) is 1.63. The molecule has 5 N–H and O–H groups in total. The van der Waals surface area contributed by atoms with Crippen molar-refractivity contribution in [3.8, 4) is 11.6 Å². The minimum atomic E-state index is -0.607. The lowest BCUT2D eigenvalue weighted by molar-refractivity contribution is -0.690. The van der Waals surface area contributed by atoms with Crippen LogP contribution in [0, 0.1) is 0 Å². The molecule has 3 heterocycles. The van der Waals surface area contributed by atoms with Gasteiger partial charge in [0.25, 0.3) is 5.56 Å². The van der Waals surface area contributed by atoms with Gasteiger partial charge < -0.3 is 20.1 Å². The molecule has 8 heteroatoms. The molecule has 2 aromatic heterocycles. The van der Waals surface area contributed by atoms with Gasteiger partial charge >= 0.3 is 5.69 Å².